The van der Waals surface area contributed by atoms with E-state index in [4.69, 9.17) is 4.74 Å². The molecule has 0 saturated carbocycles. The summed E-state index contributed by atoms with van der Waals surface area (Å²) in [5.74, 6) is -0.623. The van der Waals surface area contributed by atoms with Gasteiger partial charge in [0, 0.05) is 54.0 Å². The third kappa shape index (κ3) is 5.84. The van der Waals surface area contributed by atoms with Crippen LogP contribution in [0, 0.1) is 5.92 Å². The van der Waals surface area contributed by atoms with Gasteiger partial charge in [0.25, 0.3) is 11.8 Å². The molecule has 11 heteroatoms. The van der Waals surface area contributed by atoms with Gasteiger partial charge < -0.3 is 24.9 Å². The Balaban J connectivity index is 1.27. The highest BCUT2D eigenvalue weighted by molar-refractivity contribution is 6.71. The summed E-state index contributed by atoms with van der Waals surface area (Å²) in [6.07, 6.45) is 2.43. The van der Waals surface area contributed by atoms with Crippen molar-refractivity contribution in [3.8, 4) is 0 Å². The van der Waals surface area contributed by atoms with Gasteiger partial charge in [0.05, 0.1) is 24.0 Å². The molecule has 234 valence electrons. The molecule has 2 amide bonds. The van der Waals surface area contributed by atoms with E-state index in [2.05, 4.69) is 15.6 Å². The van der Waals surface area contributed by atoms with Gasteiger partial charge >= 0.3 is 0 Å². The van der Waals surface area contributed by atoms with E-state index in [-0.39, 0.29) is 36.0 Å². The van der Waals surface area contributed by atoms with Crippen LogP contribution in [0.1, 0.15) is 40.5 Å². The Kier molecular flexibility index (Phi) is 8.44. The molecule has 45 heavy (non-hydrogen) atoms. The van der Waals surface area contributed by atoms with Crippen molar-refractivity contribution >= 4 is 31.5 Å². The lowest BCUT2D eigenvalue weighted by atomic mass is 9.82. The number of fused-ring (bicyclic) bond motifs is 2. The van der Waals surface area contributed by atoms with Crippen molar-refractivity contribution < 1.29 is 24.2 Å². The normalized spacial score (nSPS) is 22.6. The monoisotopic (exact) mass is 625 g/mol. The zero-order valence-electron chi connectivity index (χ0n) is 25.8. The van der Waals surface area contributed by atoms with Gasteiger partial charge in [-0.1, -0.05) is 60.7 Å². The Morgan fingerprint density at radius 3 is 2.58 bits per heavy atom. The first-order chi connectivity index (χ1) is 21.6. The number of nitrogens with one attached hydrogen (secondary N) is 1. The van der Waals surface area contributed by atoms with Gasteiger partial charge in [-0.2, -0.15) is 0 Å². The quantitative estimate of drug-likeness (QED) is 0.221. The highest BCUT2D eigenvalue weighted by atomic mass is 28.4. The zero-order valence-corrected chi connectivity index (χ0v) is 26.8. The number of para-hydroxylation sites is 1. The number of carbonyl (C=O) groups excluding carboxylic acids is 2. The fourth-order valence-electron chi connectivity index (χ4n) is 7.12. The van der Waals surface area contributed by atoms with E-state index >= 15 is 0 Å². The minimum Gasteiger partial charge on any atom is -0.432 e. The lowest BCUT2D eigenvalue weighted by Crippen LogP contribution is -2.46. The van der Waals surface area contributed by atoms with Crippen LogP contribution in [0.15, 0.2) is 85.1 Å². The van der Waals surface area contributed by atoms with Crippen LogP contribution in [0.4, 0.5) is 11.4 Å². The smallest absolute Gasteiger partial charge is 0.264 e. The van der Waals surface area contributed by atoms with Crippen molar-refractivity contribution in [3.05, 3.63) is 107 Å². The molecule has 1 saturated heterocycles. The largest absolute Gasteiger partial charge is 0.432 e. The molecule has 0 aliphatic carbocycles. The number of aliphatic hydroxyl groups is 1. The van der Waals surface area contributed by atoms with Gasteiger partial charge in [0.1, 0.15) is 0 Å². The van der Waals surface area contributed by atoms with E-state index < -0.39 is 13.9 Å². The second-order valence-electron chi connectivity index (χ2n) is 12.5. The van der Waals surface area contributed by atoms with Crippen LogP contribution in [-0.2, 0) is 34.6 Å². The maximum atomic E-state index is 14.6. The van der Waals surface area contributed by atoms with Crippen molar-refractivity contribution in [2.24, 2.45) is 5.92 Å². The molecule has 0 unspecified atom stereocenters. The van der Waals surface area contributed by atoms with Crippen molar-refractivity contribution in [2.75, 3.05) is 16.8 Å². The van der Waals surface area contributed by atoms with Crippen LogP contribution in [-0.4, -0.2) is 57.7 Å². The second kappa shape index (κ2) is 12.3. The van der Waals surface area contributed by atoms with Gasteiger partial charge in [-0.3, -0.25) is 14.3 Å². The Hall–Kier alpha value is -4.16. The SMILES string of the molecule is C[C@H]1[C@H]([Si](C)(C)O)[C@@H](CCn2cc(CCO)nn2)O[C@]12C(=O)N(Cc1cccc(NC(=O)c3ccccc3)c1)c1ccccc12. The van der Waals surface area contributed by atoms with E-state index in [9.17, 15) is 19.5 Å². The number of carbonyl (C=O) groups is 2. The number of hydrogen-bond donors (Lipinski definition) is 3. The number of aryl methyl sites for hydroxylation is 1. The molecule has 2 aliphatic heterocycles. The lowest BCUT2D eigenvalue weighted by Gasteiger charge is -2.32. The van der Waals surface area contributed by atoms with Gasteiger partial charge in [-0.05, 0) is 55.4 Å². The highest BCUT2D eigenvalue weighted by Crippen LogP contribution is 2.59. The molecular weight excluding hydrogens is 586 g/mol. The molecule has 1 aromatic heterocycles. The third-order valence-corrected chi connectivity index (χ3v) is 11.6. The maximum absolute atomic E-state index is 14.6. The van der Waals surface area contributed by atoms with E-state index in [1.807, 2.05) is 92.9 Å². The number of amides is 2. The van der Waals surface area contributed by atoms with Crippen LogP contribution in [0.2, 0.25) is 18.6 Å². The molecule has 3 aromatic carbocycles. The summed E-state index contributed by atoms with van der Waals surface area (Å²) in [6, 6.07) is 24.3. The number of aromatic nitrogens is 3. The summed E-state index contributed by atoms with van der Waals surface area (Å²) in [4.78, 5) is 40.7. The average Bonchev–Trinajstić information content (AvgIpc) is 3.67. The topological polar surface area (TPSA) is 130 Å². The molecule has 0 radical (unpaired) electrons. The molecule has 10 nitrogen and oxygen atoms in total. The number of hydrogen-bond acceptors (Lipinski definition) is 7. The first-order valence-corrected chi connectivity index (χ1v) is 18.4. The number of benzene rings is 3. The van der Waals surface area contributed by atoms with Crippen LogP contribution in [0.25, 0.3) is 0 Å². The number of rotatable bonds is 10. The number of ether oxygens (including phenoxy) is 1. The summed E-state index contributed by atoms with van der Waals surface area (Å²) >= 11 is 0. The predicted octanol–water partition coefficient (Wildman–Crippen LogP) is 4.50. The van der Waals surface area contributed by atoms with E-state index in [0.717, 1.165) is 16.8 Å². The molecular formula is C34H39N5O5Si. The summed E-state index contributed by atoms with van der Waals surface area (Å²) in [5.41, 5.74) is 2.94. The third-order valence-electron chi connectivity index (χ3n) is 9.05. The summed E-state index contributed by atoms with van der Waals surface area (Å²) in [7, 11) is -2.80. The Morgan fingerprint density at radius 2 is 1.82 bits per heavy atom. The van der Waals surface area contributed by atoms with E-state index in [0.29, 0.717) is 42.9 Å². The number of nitrogens with zero attached hydrogens (tertiary/aromatic N) is 4. The van der Waals surface area contributed by atoms with E-state index in [1.54, 1.807) is 21.7 Å². The minimum atomic E-state index is -2.80. The first kappa shape index (κ1) is 30.8. The molecule has 1 fully saturated rings. The van der Waals surface area contributed by atoms with Gasteiger partial charge in [-0.25, -0.2) is 0 Å². The maximum Gasteiger partial charge on any atom is 0.264 e. The summed E-state index contributed by atoms with van der Waals surface area (Å²) in [5, 5.41) is 20.5. The number of aliphatic hydroxyl groups excluding tert-OH is 1. The molecule has 2 aliphatic rings. The molecule has 3 N–H and O–H groups in total. The molecule has 4 aromatic rings. The van der Waals surface area contributed by atoms with Crippen LogP contribution in [0.3, 0.4) is 0 Å². The summed E-state index contributed by atoms with van der Waals surface area (Å²) < 4.78 is 8.62. The molecule has 3 heterocycles. The van der Waals surface area contributed by atoms with Crippen LogP contribution >= 0.6 is 0 Å². The molecule has 0 bridgehead atoms. The van der Waals surface area contributed by atoms with Gasteiger partial charge in [0.15, 0.2) is 13.9 Å². The fraction of sp³-hybridized carbons (Fsp3) is 0.353. The molecule has 6 rings (SSSR count). The standard InChI is InChI=1S/C34H39N5O5Si/c1-23-31(45(2,3)43)30(16-18-38-22-27(17-19-40)36-37-38)44-34(23)28-14-7-8-15-29(28)39(33(34)42)21-24-10-9-13-26(20-24)35-32(41)25-11-5-4-6-12-25/h4-15,20,22-23,30-31,40,43H,16-19,21H2,1-3H3,(H,35,41)/t23-,30+,31-,34+/m0/s1. The van der Waals surface area contributed by atoms with Gasteiger partial charge in [-0.15, -0.1) is 5.10 Å². The fourth-order valence-corrected chi connectivity index (χ4v) is 9.72. The highest BCUT2D eigenvalue weighted by Gasteiger charge is 2.66. The van der Waals surface area contributed by atoms with Crippen molar-refractivity contribution in [2.45, 2.75) is 63.2 Å². The predicted molar refractivity (Wildman–Crippen MR) is 173 cm³/mol. The Labute approximate surface area is 263 Å². The van der Waals surface area contributed by atoms with Gasteiger partial charge in [0.2, 0.25) is 0 Å². The zero-order chi connectivity index (χ0) is 31.8. The van der Waals surface area contributed by atoms with Crippen LogP contribution < -0.4 is 10.2 Å². The lowest BCUT2D eigenvalue weighted by molar-refractivity contribution is -0.146. The molecule has 1 spiro atoms. The Morgan fingerprint density at radius 1 is 1.07 bits per heavy atom. The van der Waals surface area contributed by atoms with Crippen molar-refractivity contribution in [1.29, 1.82) is 0 Å². The minimum absolute atomic E-state index is 0.00147. The first-order valence-electron chi connectivity index (χ1n) is 15.4. The van der Waals surface area contributed by atoms with Crippen LogP contribution in [0.5, 0.6) is 0 Å². The second-order valence-corrected chi connectivity index (χ2v) is 16.5. The summed E-state index contributed by atoms with van der Waals surface area (Å²) in [6.45, 7) is 6.66. The number of anilines is 2. The Bertz CT molecular complexity index is 1690. The molecule has 4 atom stereocenters. The van der Waals surface area contributed by atoms with Crippen molar-refractivity contribution in [1.82, 2.24) is 15.0 Å². The van der Waals surface area contributed by atoms with Crippen molar-refractivity contribution in [3.63, 3.8) is 0 Å². The van der Waals surface area contributed by atoms with E-state index in [1.165, 1.54) is 0 Å². The average molecular weight is 626 g/mol.